The summed E-state index contributed by atoms with van der Waals surface area (Å²) in [6.45, 7) is 2.80. The minimum atomic E-state index is -0.385. The second-order valence-electron chi connectivity index (χ2n) is 5.82. The Labute approximate surface area is 129 Å². The summed E-state index contributed by atoms with van der Waals surface area (Å²) in [6, 6.07) is 3.16. The van der Waals surface area contributed by atoms with E-state index in [0.29, 0.717) is 11.4 Å². The number of benzene rings is 1. The third-order valence-electron chi connectivity index (χ3n) is 4.32. The number of ether oxygens (including phenoxy) is 1. The van der Waals surface area contributed by atoms with E-state index in [1.165, 1.54) is 38.9 Å². The number of fused-ring (bicyclic) bond motifs is 1. The van der Waals surface area contributed by atoms with E-state index >= 15 is 0 Å². The molecule has 1 aromatic carbocycles. The predicted octanol–water partition coefficient (Wildman–Crippen LogP) is 4.67. The lowest BCUT2D eigenvalue weighted by atomic mass is 10.1. The standard InChI is InChI=1S/C16H20ClFN2O/c1-10(17)16-19-13-7-12(18)15(21-2)8-14(13)20(16)9-11-5-3-4-6-11/h7-8,10-11H,3-6,9H2,1-2H3. The molecule has 1 atom stereocenters. The highest BCUT2D eigenvalue weighted by Gasteiger charge is 2.22. The zero-order chi connectivity index (χ0) is 15.0. The molecule has 0 spiro atoms. The summed E-state index contributed by atoms with van der Waals surface area (Å²) in [7, 11) is 1.48. The number of imidazole rings is 1. The molecular weight excluding hydrogens is 291 g/mol. The monoisotopic (exact) mass is 310 g/mol. The van der Waals surface area contributed by atoms with Gasteiger partial charge in [-0.2, -0.15) is 0 Å². The average molecular weight is 311 g/mol. The summed E-state index contributed by atoms with van der Waals surface area (Å²) in [6.07, 6.45) is 5.07. The van der Waals surface area contributed by atoms with Crippen LogP contribution in [0.4, 0.5) is 4.39 Å². The highest BCUT2D eigenvalue weighted by atomic mass is 35.5. The van der Waals surface area contributed by atoms with Crippen LogP contribution >= 0.6 is 11.6 Å². The van der Waals surface area contributed by atoms with Crippen LogP contribution in [0.25, 0.3) is 11.0 Å². The van der Waals surface area contributed by atoms with Crippen molar-refractivity contribution in [2.75, 3.05) is 7.11 Å². The first-order chi connectivity index (χ1) is 10.1. The van der Waals surface area contributed by atoms with Crippen LogP contribution in [-0.2, 0) is 6.54 Å². The second kappa shape index (κ2) is 5.84. The van der Waals surface area contributed by atoms with Gasteiger partial charge in [0.2, 0.25) is 0 Å². The van der Waals surface area contributed by atoms with E-state index in [4.69, 9.17) is 16.3 Å². The van der Waals surface area contributed by atoms with E-state index < -0.39 is 0 Å². The lowest BCUT2D eigenvalue weighted by Gasteiger charge is -2.15. The van der Waals surface area contributed by atoms with E-state index in [1.807, 2.05) is 6.92 Å². The molecule has 1 fully saturated rings. The highest BCUT2D eigenvalue weighted by Crippen LogP contribution is 2.33. The Morgan fingerprint density at radius 2 is 2.14 bits per heavy atom. The van der Waals surface area contributed by atoms with Crippen molar-refractivity contribution in [3.05, 3.63) is 23.8 Å². The highest BCUT2D eigenvalue weighted by molar-refractivity contribution is 6.20. The van der Waals surface area contributed by atoms with Gasteiger partial charge in [0, 0.05) is 18.7 Å². The molecule has 0 radical (unpaired) electrons. The number of hydrogen-bond donors (Lipinski definition) is 0. The molecule has 1 saturated carbocycles. The number of halogens is 2. The van der Waals surface area contributed by atoms with Gasteiger partial charge in [0.1, 0.15) is 5.82 Å². The van der Waals surface area contributed by atoms with Gasteiger partial charge in [0.15, 0.2) is 11.6 Å². The molecule has 0 bridgehead atoms. The van der Waals surface area contributed by atoms with E-state index in [0.717, 1.165) is 17.9 Å². The molecule has 1 aromatic heterocycles. The molecule has 0 saturated heterocycles. The number of aromatic nitrogens is 2. The fraction of sp³-hybridized carbons (Fsp3) is 0.562. The van der Waals surface area contributed by atoms with Gasteiger partial charge >= 0.3 is 0 Å². The topological polar surface area (TPSA) is 27.1 Å². The van der Waals surface area contributed by atoms with Gasteiger partial charge < -0.3 is 9.30 Å². The van der Waals surface area contributed by atoms with E-state index in [2.05, 4.69) is 9.55 Å². The van der Waals surface area contributed by atoms with Crippen LogP contribution in [0.5, 0.6) is 5.75 Å². The normalized spacial score (nSPS) is 17.5. The number of hydrogen-bond acceptors (Lipinski definition) is 2. The van der Waals surface area contributed by atoms with Gasteiger partial charge in [0.05, 0.1) is 23.5 Å². The first kappa shape index (κ1) is 14.6. The molecule has 0 aliphatic heterocycles. The van der Waals surface area contributed by atoms with Crippen molar-refractivity contribution in [1.29, 1.82) is 0 Å². The quantitative estimate of drug-likeness (QED) is 0.767. The van der Waals surface area contributed by atoms with Crippen LogP contribution < -0.4 is 4.74 Å². The summed E-state index contributed by atoms with van der Waals surface area (Å²) in [4.78, 5) is 4.53. The van der Waals surface area contributed by atoms with Gasteiger partial charge in [-0.25, -0.2) is 9.37 Å². The van der Waals surface area contributed by atoms with Crippen molar-refractivity contribution in [3.63, 3.8) is 0 Å². The molecule has 21 heavy (non-hydrogen) atoms. The third kappa shape index (κ3) is 2.73. The maximum atomic E-state index is 13.9. The fourth-order valence-corrected chi connectivity index (χ4v) is 3.41. The van der Waals surface area contributed by atoms with Crippen LogP contribution in [0.3, 0.4) is 0 Å². The molecule has 5 heteroatoms. The Morgan fingerprint density at radius 1 is 1.43 bits per heavy atom. The lowest BCUT2D eigenvalue weighted by Crippen LogP contribution is -2.11. The molecule has 1 aliphatic rings. The summed E-state index contributed by atoms with van der Waals surface area (Å²) >= 11 is 6.27. The first-order valence-electron chi connectivity index (χ1n) is 7.48. The molecule has 3 nitrogen and oxygen atoms in total. The second-order valence-corrected chi connectivity index (χ2v) is 6.48. The van der Waals surface area contributed by atoms with E-state index in [-0.39, 0.29) is 16.9 Å². The lowest BCUT2D eigenvalue weighted by molar-refractivity contribution is 0.387. The van der Waals surface area contributed by atoms with Crippen molar-refractivity contribution in [1.82, 2.24) is 9.55 Å². The van der Waals surface area contributed by atoms with Crippen LogP contribution in [0.1, 0.15) is 43.8 Å². The summed E-state index contributed by atoms with van der Waals surface area (Å²) in [5, 5.41) is -0.201. The SMILES string of the molecule is COc1cc2c(cc1F)nc(C(C)Cl)n2CC1CCCC1. The van der Waals surface area contributed by atoms with E-state index in [1.54, 1.807) is 6.07 Å². The van der Waals surface area contributed by atoms with Crippen molar-refractivity contribution in [3.8, 4) is 5.75 Å². The van der Waals surface area contributed by atoms with Crippen molar-refractivity contribution >= 4 is 22.6 Å². The molecule has 0 amide bonds. The van der Waals surface area contributed by atoms with Gasteiger partial charge in [0.25, 0.3) is 0 Å². The maximum Gasteiger partial charge on any atom is 0.167 e. The number of methoxy groups -OCH3 is 1. The van der Waals surface area contributed by atoms with Crippen LogP contribution in [0.15, 0.2) is 12.1 Å². The summed E-state index contributed by atoms with van der Waals surface area (Å²) < 4.78 is 21.1. The van der Waals surface area contributed by atoms with Gasteiger partial charge in [-0.05, 0) is 25.7 Å². The Kier molecular flexibility index (Phi) is 4.07. The minimum Gasteiger partial charge on any atom is -0.494 e. The Hall–Kier alpha value is -1.29. The third-order valence-corrected chi connectivity index (χ3v) is 4.52. The van der Waals surface area contributed by atoms with Crippen molar-refractivity contribution in [2.45, 2.75) is 44.5 Å². The maximum absolute atomic E-state index is 13.9. The molecule has 2 aromatic rings. The predicted molar refractivity (Wildman–Crippen MR) is 82.5 cm³/mol. The fourth-order valence-electron chi connectivity index (χ4n) is 3.25. The smallest absolute Gasteiger partial charge is 0.167 e. The number of alkyl halides is 1. The zero-order valence-corrected chi connectivity index (χ0v) is 13.2. The Bertz CT molecular complexity index is 647. The molecule has 1 heterocycles. The average Bonchev–Trinajstić information content (AvgIpc) is 3.06. The summed E-state index contributed by atoms with van der Waals surface area (Å²) in [5.41, 5.74) is 1.55. The molecular formula is C16H20ClFN2O. The van der Waals surface area contributed by atoms with Crippen LogP contribution in [-0.4, -0.2) is 16.7 Å². The van der Waals surface area contributed by atoms with E-state index in [9.17, 15) is 4.39 Å². The van der Waals surface area contributed by atoms with Crippen LogP contribution in [0.2, 0.25) is 0 Å². The molecule has 0 N–H and O–H groups in total. The van der Waals surface area contributed by atoms with Crippen molar-refractivity contribution < 1.29 is 9.13 Å². The largest absolute Gasteiger partial charge is 0.494 e. The van der Waals surface area contributed by atoms with Gasteiger partial charge in [-0.15, -0.1) is 11.6 Å². The Balaban J connectivity index is 2.10. The van der Waals surface area contributed by atoms with Crippen molar-refractivity contribution in [2.24, 2.45) is 5.92 Å². The molecule has 1 aliphatic carbocycles. The minimum absolute atomic E-state index is 0.201. The van der Waals surface area contributed by atoms with Gasteiger partial charge in [-0.3, -0.25) is 0 Å². The molecule has 114 valence electrons. The molecule has 3 rings (SSSR count). The Morgan fingerprint density at radius 3 is 2.76 bits per heavy atom. The zero-order valence-electron chi connectivity index (χ0n) is 12.4. The molecule has 1 unspecified atom stereocenters. The van der Waals surface area contributed by atoms with Gasteiger partial charge in [-0.1, -0.05) is 12.8 Å². The number of nitrogens with zero attached hydrogens (tertiary/aromatic N) is 2. The van der Waals surface area contributed by atoms with Crippen LogP contribution in [0, 0.1) is 11.7 Å². The first-order valence-corrected chi connectivity index (χ1v) is 7.91. The summed E-state index contributed by atoms with van der Waals surface area (Å²) in [5.74, 6) is 1.34. The number of rotatable bonds is 4.